The third-order valence-corrected chi connectivity index (χ3v) is 3.38. The molecule has 3 nitrogen and oxygen atoms in total. The Morgan fingerprint density at radius 2 is 1.76 bits per heavy atom. The summed E-state index contributed by atoms with van der Waals surface area (Å²) in [6, 6.07) is 9.54. The molecule has 2 aromatic carbocycles. The lowest BCUT2D eigenvalue weighted by Crippen LogP contribution is -2.17. The Morgan fingerprint density at radius 3 is 2.48 bits per heavy atom. The Morgan fingerprint density at radius 1 is 1.00 bits per heavy atom. The maximum atomic E-state index is 12.2. The first-order valence-corrected chi connectivity index (χ1v) is 6.48. The second-order valence-electron chi connectivity index (χ2n) is 4.48. The van der Waals surface area contributed by atoms with Crippen molar-refractivity contribution in [3.63, 3.8) is 0 Å². The molecule has 3 rings (SSSR count). The van der Waals surface area contributed by atoms with Crippen LogP contribution >= 0.6 is 11.6 Å². The average molecular weight is 315 g/mol. The Labute approximate surface area is 123 Å². The third kappa shape index (κ3) is 3.00. The first-order chi connectivity index (χ1) is 9.92. The summed E-state index contributed by atoms with van der Waals surface area (Å²) >= 11 is 6.06. The van der Waals surface area contributed by atoms with Crippen molar-refractivity contribution in [1.82, 2.24) is 0 Å². The number of nitrogens with one attached hydrogen (secondary N) is 2. The van der Waals surface area contributed by atoms with Gasteiger partial charge in [0.2, 0.25) is 0 Å². The van der Waals surface area contributed by atoms with E-state index in [1.54, 1.807) is 0 Å². The van der Waals surface area contributed by atoms with E-state index in [4.69, 9.17) is 11.6 Å². The highest BCUT2D eigenvalue weighted by Crippen LogP contribution is 2.36. The fourth-order valence-electron chi connectivity index (χ4n) is 2.17. The van der Waals surface area contributed by atoms with Crippen LogP contribution in [0.2, 0.25) is 5.02 Å². The summed E-state index contributed by atoms with van der Waals surface area (Å²) in [7, 11) is 0. The summed E-state index contributed by atoms with van der Waals surface area (Å²) in [4.78, 5) is 0. The maximum Gasteiger partial charge on any atom is 0.573 e. The number of benzene rings is 2. The zero-order chi connectivity index (χ0) is 15.0. The van der Waals surface area contributed by atoms with Crippen LogP contribution < -0.4 is 15.4 Å². The fourth-order valence-corrected chi connectivity index (χ4v) is 2.45. The molecular weight excluding hydrogens is 305 g/mol. The summed E-state index contributed by atoms with van der Waals surface area (Å²) in [5, 5.41) is 6.48. The van der Waals surface area contributed by atoms with Gasteiger partial charge in [0.05, 0.1) is 23.1 Å². The normalized spacial score (nSPS) is 13.3. The molecule has 110 valence electrons. The lowest BCUT2D eigenvalue weighted by Gasteiger charge is -2.11. The van der Waals surface area contributed by atoms with Gasteiger partial charge in [0.1, 0.15) is 5.75 Å². The SMILES string of the molecule is FC(F)(F)Oc1ccc(-c2ccc3c(c2)NCN3)c(Cl)c1. The van der Waals surface area contributed by atoms with Gasteiger partial charge < -0.3 is 15.4 Å². The molecule has 0 saturated heterocycles. The molecule has 0 unspecified atom stereocenters. The molecule has 0 bridgehead atoms. The van der Waals surface area contributed by atoms with Crippen LogP contribution in [0.4, 0.5) is 24.5 Å². The number of ether oxygens (including phenoxy) is 1. The Balaban J connectivity index is 1.92. The molecule has 21 heavy (non-hydrogen) atoms. The zero-order valence-electron chi connectivity index (χ0n) is 10.6. The van der Waals surface area contributed by atoms with Gasteiger partial charge in [0, 0.05) is 5.56 Å². The highest BCUT2D eigenvalue weighted by atomic mass is 35.5. The molecule has 0 spiro atoms. The topological polar surface area (TPSA) is 33.3 Å². The quantitative estimate of drug-likeness (QED) is 0.843. The van der Waals surface area contributed by atoms with Gasteiger partial charge in [-0.25, -0.2) is 0 Å². The minimum Gasteiger partial charge on any atom is -0.406 e. The molecular formula is C14H10ClF3N2O. The Kier molecular flexibility index (Phi) is 3.33. The largest absolute Gasteiger partial charge is 0.573 e. The van der Waals surface area contributed by atoms with Crippen LogP contribution in [0.5, 0.6) is 5.75 Å². The third-order valence-electron chi connectivity index (χ3n) is 3.06. The Hall–Kier alpha value is -2.08. The van der Waals surface area contributed by atoms with E-state index in [9.17, 15) is 13.2 Å². The minimum atomic E-state index is -4.73. The molecule has 0 amide bonds. The van der Waals surface area contributed by atoms with E-state index in [0.717, 1.165) is 23.0 Å². The Bertz CT molecular complexity index is 688. The van der Waals surface area contributed by atoms with Gasteiger partial charge in [0.15, 0.2) is 0 Å². The molecule has 0 saturated carbocycles. The highest BCUT2D eigenvalue weighted by molar-refractivity contribution is 6.33. The molecule has 1 aliphatic heterocycles. The van der Waals surface area contributed by atoms with E-state index in [-0.39, 0.29) is 10.8 Å². The summed E-state index contributed by atoms with van der Waals surface area (Å²) in [5.41, 5.74) is 3.36. The first kappa shape index (κ1) is 13.9. The lowest BCUT2D eigenvalue weighted by molar-refractivity contribution is -0.274. The van der Waals surface area contributed by atoms with Crippen molar-refractivity contribution >= 4 is 23.0 Å². The van der Waals surface area contributed by atoms with Crippen LogP contribution in [0.1, 0.15) is 0 Å². The van der Waals surface area contributed by atoms with Crippen molar-refractivity contribution in [1.29, 1.82) is 0 Å². The average Bonchev–Trinajstić information content (AvgIpc) is 2.84. The van der Waals surface area contributed by atoms with Crippen molar-refractivity contribution in [3.8, 4) is 16.9 Å². The number of anilines is 2. The summed E-state index contributed by atoms with van der Waals surface area (Å²) in [6.45, 7) is 0.644. The fraction of sp³-hybridized carbons (Fsp3) is 0.143. The molecule has 2 aromatic rings. The number of hydrogen-bond donors (Lipinski definition) is 2. The van der Waals surface area contributed by atoms with Gasteiger partial charge in [-0.2, -0.15) is 0 Å². The van der Waals surface area contributed by atoms with E-state index < -0.39 is 6.36 Å². The molecule has 2 N–H and O–H groups in total. The van der Waals surface area contributed by atoms with Crippen LogP contribution in [0, 0.1) is 0 Å². The molecule has 7 heteroatoms. The van der Waals surface area contributed by atoms with Gasteiger partial charge in [-0.3, -0.25) is 0 Å². The standard InChI is InChI=1S/C14H10ClF3N2O/c15-11-6-9(21-14(16,17)18)2-3-10(11)8-1-4-12-13(5-8)20-7-19-12/h1-6,19-20H,7H2. The highest BCUT2D eigenvalue weighted by Gasteiger charge is 2.31. The molecule has 0 atom stereocenters. The smallest absolute Gasteiger partial charge is 0.406 e. The van der Waals surface area contributed by atoms with E-state index in [0.29, 0.717) is 12.2 Å². The summed E-state index contributed by atoms with van der Waals surface area (Å²) in [6.07, 6.45) is -4.73. The predicted molar refractivity (Wildman–Crippen MR) is 75.7 cm³/mol. The molecule has 1 aliphatic rings. The second-order valence-corrected chi connectivity index (χ2v) is 4.89. The van der Waals surface area contributed by atoms with Gasteiger partial charge >= 0.3 is 6.36 Å². The minimum absolute atomic E-state index is 0.197. The second kappa shape index (κ2) is 5.04. The number of alkyl halides is 3. The number of rotatable bonds is 2. The zero-order valence-corrected chi connectivity index (χ0v) is 11.3. The molecule has 0 radical (unpaired) electrons. The van der Waals surface area contributed by atoms with Crippen LogP contribution in [0.15, 0.2) is 36.4 Å². The van der Waals surface area contributed by atoms with Crippen LogP contribution in [-0.2, 0) is 0 Å². The number of halogens is 4. The van der Waals surface area contributed by atoms with Gasteiger partial charge in [0.25, 0.3) is 0 Å². The van der Waals surface area contributed by atoms with Crippen molar-refractivity contribution in [2.45, 2.75) is 6.36 Å². The van der Waals surface area contributed by atoms with Gasteiger partial charge in [-0.1, -0.05) is 17.7 Å². The lowest BCUT2D eigenvalue weighted by atomic mass is 10.0. The van der Waals surface area contributed by atoms with Crippen molar-refractivity contribution in [2.24, 2.45) is 0 Å². The monoisotopic (exact) mass is 314 g/mol. The van der Waals surface area contributed by atoms with Crippen molar-refractivity contribution in [2.75, 3.05) is 17.3 Å². The number of hydrogen-bond acceptors (Lipinski definition) is 3. The van der Waals surface area contributed by atoms with E-state index >= 15 is 0 Å². The summed E-state index contributed by atoms with van der Waals surface area (Å²) < 4.78 is 40.3. The molecule has 0 aliphatic carbocycles. The first-order valence-electron chi connectivity index (χ1n) is 6.10. The summed E-state index contributed by atoms with van der Waals surface area (Å²) in [5.74, 6) is -0.336. The van der Waals surface area contributed by atoms with Crippen molar-refractivity contribution in [3.05, 3.63) is 41.4 Å². The van der Waals surface area contributed by atoms with Gasteiger partial charge in [-0.05, 0) is 35.9 Å². The van der Waals surface area contributed by atoms with E-state index in [1.165, 1.54) is 12.1 Å². The predicted octanol–water partition coefficient (Wildman–Crippen LogP) is 4.70. The van der Waals surface area contributed by atoms with Crippen LogP contribution in [0.25, 0.3) is 11.1 Å². The van der Waals surface area contributed by atoms with Crippen molar-refractivity contribution < 1.29 is 17.9 Å². The van der Waals surface area contributed by atoms with Crippen LogP contribution in [-0.4, -0.2) is 13.0 Å². The van der Waals surface area contributed by atoms with Crippen LogP contribution in [0.3, 0.4) is 0 Å². The van der Waals surface area contributed by atoms with E-state index in [1.807, 2.05) is 18.2 Å². The van der Waals surface area contributed by atoms with E-state index in [2.05, 4.69) is 15.4 Å². The molecule has 0 aromatic heterocycles. The number of fused-ring (bicyclic) bond motifs is 1. The molecule has 0 fully saturated rings. The van der Waals surface area contributed by atoms with Gasteiger partial charge in [-0.15, -0.1) is 13.2 Å². The molecule has 1 heterocycles. The maximum absolute atomic E-state index is 12.2.